The van der Waals surface area contributed by atoms with E-state index in [1.165, 1.54) is 30.1 Å². The van der Waals surface area contributed by atoms with Crippen molar-refractivity contribution in [1.29, 1.82) is 0 Å². The van der Waals surface area contributed by atoms with Crippen LogP contribution in [-0.4, -0.2) is 27.9 Å². The Morgan fingerprint density at radius 3 is 2.76 bits per heavy atom. The van der Waals surface area contributed by atoms with Gasteiger partial charge in [-0.1, -0.05) is 46.6 Å². The van der Waals surface area contributed by atoms with Crippen LogP contribution in [0.3, 0.4) is 0 Å². The highest BCUT2D eigenvalue weighted by Crippen LogP contribution is 2.34. The van der Waals surface area contributed by atoms with Gasteiger partial charge in [-0.3, -0.25) is 14.9 Å². The monoisotopic (exact) mass is 584 g/mol. The number of benzene rings is 3. The average molecular weight is 586 g/mol. The van der Waals surface area contributed by atoms with Crippen molar-refractivity contribution < 1.29 is 14.4 Å². The van der Waals surface area contributed by atoms with Crippen molar-refractivity contribution in [3.63, 3.8) is 0 Å². The van der Waals surface area contributed by atoms with Crippen LogP contribution < -0.4 is 15.0 Å². The van der Waals surface area contributed by atoms with E-state index in [-0.39, 0.29) is 17.9 Å². The number of ether oxygens (including phenoxy) is 2. The fourth-order valence-corrected chi connectivity index (χ4v) is 4.30. The molecule has 0 fully saturated rings. The lowest BCUT2D eigenvalue weighted by Gasteiger charge is -2.14. The lowest BCUT2D eigenvalue weighted by atomic mass is 10.2. The van der Waals surface area contributed by atoms with Crippen LogP contribution in [-0.2, 0) is 13.0 Å². The van der Waals surface area contributed by atoms with E-state index in [0.29, 0.717) is 50.8 Å². The molecular weight excluding hydrogens is 564 g/mol. The van der Waals surface area contributed by atoms with Gasteiger partial charge in [-0.2, -0.15) is 9.78 Å². The summed E-state index contributed by atoms with van der Waals surface area (Å²) in [6, 6.07) is 14.7. The van der Waals surface area contributed by atoms with E-state index in [9.17, 15) is 14.9 Å². The second-order valence-corrected chi connectivity index (χ2v) is 9.40. The molecule has 3 aromatic carbocycles. The number of nitro groups is 1. The number of methoxy groups -OCH3 is 1. The number of fused-ring (bicyclic) bond motifs is 1. The van der Waals surface area contributed by atoms with Crippen LogP contribution in [0.1, 0.15) is 30.3 Å². The third-order valence-corrected chi connectivity index (χ3v) is 6.15. The van der Waals surface area contributed by atoms with Crippen molar-refractivity contribution in [1.82, 2.24) is 9.66 Å². The zero-order chi connectivity index (χ0) is 26.5. The molecule has 4 rings (SSSR count). The van der Waals surface area contributed by atoms with E-state index in [1.807, 2.05) is 13.0 Å². The minimum absolute atomic E-state index is 0.0348. The predicted molar refractivity (Wildman–Crippen MR) is 146 cm³/mol. The number of aromatic nitrogens is 2. The molecule has 11 heteroatoms. The van der Waals surface area contributed by atoms with E-state index in [0.717, 1.165) is 10.9 Å². The number of nitro benzene ring substituents is 1. The molecule has 9 nitrogen and oxygen atoms in total. The predicted octanol–water partition coefficient (Wildman–Crippen LogP) is 6.14. The quantitative estimate of drug-likeness (QED) is 0.133. The largest absolute Gasteiger partial charge is 0.493 e. The Kier molecular flexibility index (Phi) is 8.20. The molecule has 0 spiro atoms. The molecule has 0 aliphatic rings. The zero-order valence-electron chi connectivity index (χ0n) is 20.0. The molecule has 0 aliphatic carbocycles. The number of hydrogen-bond acceptors (Lipinski definition) is 7. The van der Waals surface area contributed by atoms with Crippen LogP contribution in [0, 0.1) is 10.1 Å². The Balaban J connectivity index is 1.76. The molecule has 0 bridgehead atoms. The Labute approximate surface area is 225 Å². The first-order valence-electron chi connectivity index (χ1n) is 11.3. The van der Waals surface area contributed by atoms with Gasteiger partial charge in [0.1, 0.15) is 12.4 Å². The van der Waals surface area contributed by atoms with E-state index < -0.39 is 4.92 Å². The highest BCUT2D eigenvalue weighted by atomic mass is 79.9. The maximum atomic E-state index is 13.3. The van der Waals surface area contributed by atoms with Crippen LogP contribution in [0.4, 0.5) is 5.69 Å². The molecular formula is C26H22BrClN4O5. The van der Waals surface area contributed by atoms with Gasteiger partial charge < -0.3 is 9.47 Å². The van der Waals surface area contributed by atoms with Crippen LogP contribution in [0.25, 0.3) is 10.9 Å². The molecule has 0 radical (unpaired) electrons. The summed E-state index contributed by atoms with van der Waals surface area (Å²) >= 11 is 9.71. The van der Waals surface area contributed by atoms with Gasteiger partial charge >= 0.3 is 0 Å². The van der Waals surface area contributed by atoms with E-state index in [1.54, 1.807) is 36.4 Å². The minimum atomic E-state index is -0.466. The molecule has 0 atom stereocenters. The van der Waals surface area contributed by atoms with Gasteiger partial charge in [0, 0.05) is 39.7 Å². The summed E-state index contributed by atoms with van der Waals surface area (Å²) in [6.07, 6.45) is 2.78. The Hall–Kier alpha value is -3.76. The van der Waals surface area contributed by atoms with Gasteiger partial charge in [0.15, 0.2) is 11.5 Å². The highest BCUT2D eigenvalue weighted by molar-refractivity contribution is 9.10. The van der Waals surface area contributed by atoms with Gasteiger partial charge in [0.2, 0.25) is 0 Å². The fraction of sp³-hybridized carbons (Fsp3) is 0.192. The second kappa shape index (κ2) is 11.5. The molecule has 0 unspecified atom stereocenters. The molecule has 1 heterocycles. The Bertz CT molecular complexity index is 1570. The number of non-ortho nitro benzene ring substituents is 1. The van der Waals surface area contributed by atoms with Crippen molar-refractivity contribution in [2.24, 2.45) is 5.10 Å². The normalized spacial score (nSPS) is 11.2. The third kappa shape index (κ3) is 5.98. The van der Waals surface area contributed by atoms with Crippen molar-refractivity contribution in [3.8, 4) is 11.5 Å². The molecule has 1 aromatic heterocycles. The maximum Gasteiger partial charge on any atom is 0.282 e. The first-order chi connectivity index (χ1) is 17.8. The number of rotatable bonds is 9. The van der Waals surface area contributed by atoms with Crippen molar-refractivity contribution in [3.05, 3.63) is 102 Å². The minimum Gasteiger partial charge on any atom is -0.493 e. The SMILES string of the molecule is CCCc1nc2ccc(Br)cc2c(=O)n1N=Cc1cc(Cl)cc(OC)c1OCc1cccc([N+](=O)[O-])c1. The van der Waals surface area contributed by atoms with E-state index in [4.69, 9.17) is 21.1 Å². The smallest absolute Gasteiger partial charge is 0.282 e. The number of hydrogen-bond donors (Lipinski definition) is 0. The lowest BCUT2D eigenvalue weighted by molar-refractivity contribution is -0.384. The molecule has 4 aromatic rings. The Morgan fingerprint density at radius 2 is 2.03 bits per heavy atom. The molecule has 37 heavy (non-hydrogen) atoms. The first-order valence-corrected chi connectivity index (χ1v) is 12.5. The topological polar surface area (TPSA) is 109 Å². The van der Waals surface area contributed by atoms with Gasteiger partial charge in [0.05, 0.1) is 29.2 Å². The maximum absolute atomic E-state index is 13.3. The summed E-state index contributed by atoms with van der Waals surface area (Å²) in [7, 11) is 1.47. The van der Waals surface area contributed by atoms with E-state index >= 15 is 0 Å². The van der Waals surface area contributed by atoms with Gasteiger partial charge in [-0.15, -0.1) is 0 Å². The summed E-state index contributed by atoms with van der Waals surface area (Å²) in [4.78, 5) is 28.6. The van der Waals surface area contributed by atoms with Gasteiger partial charge in [-0.25, -0.2) is 4.98 Å². The molecule has 0 N–H and O–H groups in total. The van der Waals surface area contributed by atoms with Gasteiger partial charge in [0.25, 0.3) is 11.2 Å². The van der Waals surface area contributed by atoms with Crippen LogP contribution in [0.5, 0.6) is 11.5 Å². The van der Waals surface area contributed by atoms with Gasteiger partial charge in [-0.05, 0) is 36.2 Å². The number of nitrogens with zero attached hydrogens (tertiary/aromatic N) is 4. The molecule has 0 aliphatic heterocycles. The zero-order valence-corrected chi connectivity index (χ0v) is 22.3. The summed E-state index contributed by atoms with van der Waals surface area (Å²) in [6.45, 7) is 2.03. The lowest BCUT2D eigenvalue weighted by Crippen LogP contribution is -2.22. The summed E-state index contributed by atoms with van der Waals surface area (Å²) in [5, 5.41) is 16.4. The first kappa shape index (κ1) is 26.3. The summed E-state index contributed by atoms with van der Waals surface area (Å²) in [5.74, 6) is 1.19. The van der Waals surface area contributed by atoms with Crippen molar-refractivity contribution >= 4 is 50.3 Å². The van der Waals surface area contributed by atoms with Crippen LogP contribution >= 0.6 is 27.5 Å². The number of aryl methyl sites for hydroxylation is 1. The third-order valence-electron chi connectivity index (χ3n) is 5.43. The fourth-order valence-electron chi connectivity index (χ4n) is 3.73. The van der Waals surface area contributed by atoms with E-state index in [2.05, 4.69) is 26.0 Å². The van der Waals surface area contributed by atoms with Crippen LogP contribution in [0.15, 0.2) is 69.0 Å². The molecule has 190 valence electrons. The Morgan fingerprint density at radius 1 is 1.22 bits per heavy atom. The molecule has 0 saturated heterocycles. The highest BCUT2D eigenvalue weighted by Gasteiger charge is 2.15. The van der Waals surface area contributed by atoms with Crippen molar-refractivity contribution in [2.75, 3.05) is 7.11 Å². The summed E-state index contributed by atoms with van der Waals surface area (Å²) < 4.78 is 13.5. The second-order valence-electron chi connectivity index (χ2n) is 8.04. The number of halogens is 2. The average Bonchev–Trinajstić information content (AvgIpc) is 2.88. The molecule has 0 saturated carbocycles. The summed E-state index contributed by atoms with van der Waals surface area (Å²) in [5.41, 5.74) is 1.30. The van der Waals surface area contributed by atoms with Crippen LogP contribution in [0.2, 0.25) is 5.02 Å². The standard InChI is InChI=1S/C26H22BrClN4O5/c1-3-5-24-30-22-9-8-18(27)12-21(22)26(33)31(24)29-14-17-11-19(28)13-23(36-2)25(17)37-15-16-6-4-7-20(10-16)32(34)35/h4,6-14H,3,5,15H2,1-2H3. The molecule has 0 amide bonds. The van der Waals surface area contributed by atoms with Crippen molar-refractivity contribution in [2.45, 2.75) is 26.4 Å².